The molecule has 0 saturated carbocycles. The van der Waals surface area contributed by atoms with Gasteiger partial charge < -0.3 is 9.80 Å². The molecule has 0 fully saturated rings. The van der Waals surface area contributed by atoms with Gasteiger partial charge in [-0.15, -0.1) is 0 Å². The highest BCUT2D eigenvalue weighted by Gasteiger charge is 2.30. The molecule has 4 rings (SSSR count). The lowest BCUT2D eigenvalue weighted by atomic mass is 10.1. The molecule has 0 saturated heterocycles. The van der Waals surface area contributed by atoms with Crippen LogP contribution >= 0.6 is 23.4 Å². The van der Waals surface area contributed by atoms with Gasteiger partial charge in [0.05, 0.1) is 17.8 Å². The lowest BCUT2D eigenvalue weighted by molar-refractivity contribution is 0.0714. The van der Waals surface area contributed by atoms with Crippen molar-refractivity contribution in [1.82, 2.24) is 4.90 Å². The third kappa shape index (κ3) is 5.60. The molecular weight excluding hydrogens is 495 g/mol. The molecule has 4 nitrogen and oxygen atoms in total. The van der Waals surface area contributed by atoms with E-state index in [1.807, 2.05) is 35.2 Å². The summed E-state index contributed by atoms with van der Waals surface area (Å²) in [5.74, 6) is -0.181. The molecule has 1 aliphatic heterocycles. The third-order valence-corrected chi connectivity index (χ3v) is 7.41. The summed E-state index contributed by atoms with van der Waals surface area (Å²) in [5, 5.41) is 0.252. The van der Waals surface area contributed by atoms with E-state index in [0.717, 1.165) is 9.79 Å². The number of amides is 2. The maximum absolute atomic E-state index is 14.8. The highest BCUT2D eigenvalue weighted by Crippen LogP contribution is 2.43. The zero-order valence-electron chi connectivity index (χ0n) is 20.9. The molecule has 3 aromatic carbocycles. The Morgan fingerprint density at radius 2 is 1.67 bits per heavy atom. The van der Waals surface area contributed by atoms with Crippen LogP contribution in [-0.2, 0) is 6.54 Å². The predicted octanol–water partition coefficient (Wildman–Crippen LogP) is 7.54. The minimum Gasteiger partial charge on any atom is -0.338 e. The van der Waals surface area contributed by atoms with E-state index in [4.69, 9.17) is 11.6 Å². The molecule has 1 aliphatic rings. The lowest BCUT2D eigenvalue weighted by Gasteiger charge is -2.28. The van der Waals surface area contributed by atoms with E-state index >= 15 is 0 Å². The van der Waals surface area contributed by atoms with Gasteiger partial charge in [-0.25, -0.2) is 4.39 Å². The van der Waals surface area contributed by atoms with Crippen LogP contribution in [0, 0.1) is 17.7 Å². The first-order valence-corrected chi connectivity index (χ1v) is 13.3. The first-order valence-electron chi connectivity index (χ1n) is 12.1. The highest BCUT2D eigenvalue weighted by molar-refractivity contribution is 7.99. The van der Waals surface area contributed by atoms with Gasteiger partial charge in [0, 0.05) is 39.0 Å². The van der Waals surface area contributed by atoms with E-state index in [-0.39, 0.29) is 28.9 Å². The first-order chi connectivity index (χ1) is 17.2. The molecule has 36 heavy (non-hydrogen) atoms. The van der Waals surface area contributed by atoms with Crippen molar-refractivity contribution >= 4 is 40.9 Å². The van der Waals surface area contributed by atoms with Gasteiger partial charge in [0.1, 0.15) is 5.82 Å². The molecule has 0 spiro atoms. The van der Waals surface area contributed by atoms with Crippen LogP contribution in [-0.4, -0.2) is 29.8 Å². The number of nitrogens with zero attached hydrogens (tertiary/aromatic N) is 2. The van der Waals surface area contributed by atoms with Gasteiger partial charge >= 0.3 is 0 Å². The Bertz CT molecular complexity index is 1260. The van der Waals surface area contributed by atoms with E-state index in [0.29, 0.717) is 41.7 Å². The van der Waals surface area contributed by atoms with Crippen molar-refractivity contribution in [3.05, 3.63) is 88.2 Å². The molecule has 0 radical (unpaired) electrons. The minimum atomic E-state index is -0.477. The van der Waals surface area contributed by atoms with Crippen molar-refractivity contribution in [1.29, 1.82) is 0 Å². The van der Waals surface area contributed by atoms with Crippen LogP contribution in [0.5, 0.6) is 0 Å². The van der Waals surface area contributed by atoms with Crippen molar-refractivity contribution in [3.8, 4) is 0 Å². The Kier molecular flexibility index (Phi) is 8.06. The van der Waals surface area contributed by atoms with Crippen LogP contribution in [0.4, 0.5) is 10.1 Å². The van der Waals surface area contributed by atoms with E-state index in [2.05, 4.69) is 27.7 Å². The number of carbonyl (C=O) groups is 2. The second-order valence-electron chi connectivity index (χ2n) is 9.87. The van der Waals surface area contributed by atoms with E-state index in [1.165, 1.54) is 22.7 Å². The molecule has 0 aliphatic carbocycles. The van der Waals surface area contributed by atoms with Gasteiger partial charge in [-0.3, -0.25) is 9.59 Å². The smallest absolute Gasteiger partial charge is 0.259 e. The second kappa shape index (κ2) is 11.1. The summed E-state index contributed by atoms with van der Waals surface area (Å²) in [7, 11) is 0. The summed E-state index contributed by atoms with van der Waals surface area (Å²) in [6, 6.07) is 17.3. The van der Waals surface area contributed by atoms with E-state index in [1.54, 1.807) is 24.3 Å². The van der Waals surface area contributed by atoms with Crippen LogP contribution < -0.4 is 4.90 Å². The normalized spacial score (nSPS) is 13.0. The molecule has 188 valence electrons. The zero-order chi connectivity index (χ0) is 26.0. The van der Waals surface area contributed by atoms with Gasteiger partial charge in [0.15, 0.2) is 0 Å². The number of hydrogen-bond donors (Lipinski definition) is 0. The standard InChI is InChI=1S/C29H30ClFN2O2S/c1-18(2)15-32(16-19(3)4)28(34)20-12-13-27-25(14-20)33(17-22-23(30)9-7-10-24(22)31)29(35)21-8-5-6-11-26(21)36-27/h5-14,18-19H,15-17H2,1-4H3. The van der Waals surface area contributed by atoms with Gasteiger partial charge in [0.2, 0.25) is 0 Å². The Morgan fingerprint density at radius 1 is 0.972 bits per heavy atom. The molecule has 3 aromatic rings. The molecule has 1 heterocycles. The van der Waals surface area contributed by atoms with Crippen LogP contribution in [0.2, 0.25) is 5.02 Å². The Hall–Kier alpha value is -2.83. The topological polar surface area (TPSA) is 40.6 Å². The van der Waals surface area contributed by atoms with Gasteiger partial charge in [-0.2, -0.15) is 0 Å². The second-order valence-corrected chi connectivity index (χ2v) is 11.4. The predicted molar refractivity (Wildman–Crippen MR) is 145 cm³/mol. The number of anilines is 1. The van der Waals surface area contributed by atoms with Crippen molar-refractivity contribution in [2.45, 2.75) is 44.0 Å². The van der Waals surface area contributed by atoms with E-state index < -0.39 is 5.82 Å². The number of carbonyl (C=O) groups excluding carboxylic acids is 2. The van der Waals surface area contributed by atoms with Crippen LogP contribution in [0.25, 0.3) is 0 Å². The molecule has 0 bridgehead atoms. The number of halogens is 2. The number of rotatable bonds is 7. The fourth-order valence-corrected chi connectivity index (χ4v) is 5.64. The minimum absolute atomic E-state index is 0.0500. The summed E-state index contributed by atoms with van der Waals surface area (Å²) < 4.78 is 14.8. The fourth-order valence-electron chi connectivity index (χ4n) is 4.36. The van der Waals surface area contributed by atoms with Crippen LogP contribution in [0.1, 0.15) is 54.0 Å². The van der Waals surface area contributed by atoms with Gasteiger partial charge in [-0.05, 0) is 54.3 Å². The Balaban J connectivity index is 1.81. The quantitative estimate of drug-likeness (QED) is 0.320. The van der Waals surface area contributed by atoms with Crippen LogP contribution in [0.15, 0.2) is 70.5 Å². The molecule has 0 N–H and O–H groups in total. The van der Waals surface area contributed by atoms with E-state index in [9.17, 15) is 14.0 Å². The van der Waals surface area contributed by atoms with Gasteiger partial charge in [-0.1, -0.05) is 69.3 Å². The van der Waals surface area contributed by atoms with Crippen LogP contribution in [0.3, 0.4) is 0 Å². The van der Waals surface area contributed by atoms with Gasteiger partial charge in [0.25, 0.3) is 11.8 Å². The highest BCUT2D eigenvalue weighted by atomic mass is 35.5. The number of benzene rings is 3. The molecule has 7 heteroatoms. The molecular formula is C29H30ClFN2O2S. The molecule has 0 atom stereocenters. The maximum atomic E-state index is 14.8. The third-order valence-electron chi connectivity index (χ3n) is 5.92. The maximum Gasteiger partial charge on any atom is 0.259 e. The largest absolute Gasteiger partial charge is 0.338 e. The summed E-state index contributed by atoms with van der Waals surface area (Å²) in [6.45, 7) is 9.58. The summed E-state index contributed by atoms with van der Waals surface area (Å²) in [6.07, 6.45) is 0. The zero-order valence-corrected chi connectivity index (χ0v) is 22.5. The summed E-state index contributed by atoms with van der Waals surface area (Å²) >= 11 is 7.81. The van der Waals surface area contributed by atoms with Crippen molar-refractivity contribution < 1.29 is 14.0 Å². The van der Waals surface area contributed by atoms with Crippen molar-refractivity contribution in [2.24, 2.45) is 11.8 Å². The average Bonchev–Trinajstić information content (AvgIpc) is 2.94. The number of fused-ring (bicyclic) bond motifs is 2. The monoisotopic (exact) mass is 524 g/mol. The fraction of sp³-hybridized carbons (Fsp3) is 0.310. The number of hydrogen-bond acceptors (Lipinski definition) is 3. The summed E-state index contributed by atoms with van der Waals surface area (Å²) in [4.78, 5) is 32.4. The molecule has 0 unspecified atom stereocenters. The average molecular weight is 525 g/mol. The summed E-state index contributed by atoms with van der Waals surface area (Å²) in [5.41, 5.74) is 1.83. The first kappa shape index (κ1) is 26.2. The van der Waals surface area contributed by atoms with Crippen molar-refractivity contribution in [2.75, 3.05) is 18.0 Å². The van der Waals surface area contributed by atoms with Crippen molar-refractivity contribution in [3.63, 3.8) is 0 Å². The molecule has 0 aromatic heterocycles. The SMILES string of the molecule is CC(C)CN(CC(C)C)C(=O)c1ccc2c(c1)N(Cc1c(F)cccc1Cl)C(=O)c1ccccc1S2. The lowest BCUT2D eigenvalue weighted by Crippen LogP contribution is -2.37. The Labute approximate surface area is 221 Å². The Morgan fingerprint density at radius 3 is 2.33 bits per heavy atom. The molecule has 2 amide bonds.